The van der Waals surface area contributed by atoms with Crippen LogP contribution in [0.3, 0.4) is 0 Å². The molecule has 2 rings (SSSR count). The van der Waals surface area contributed by atoms with Crippen LogP contribution >= 0.6 is 0 Å². The van der Waals surface area contributed by atoms with Crippen molar-refractivity contribution in [2.75, 3.05) is 10.6 Å². The maximum Gasteiger partial charge on any atom is 0.323 e. The number of anilines is 2. The summed E-state index contributed by atoms with van der Waals surface area (Å²) in [7, 11) is 0. The second-order valence-electron chi connectivity index (χ2n) is 4.80. The van der Waals surface area contributed by atoms with E-state index in [0.29, 0.717) is 6.54 Å². The first-order valence-electron chi connectivity index (χ1n) is 6.53. The van der Waals surface area contributed by atoms with E-state index in [0.717, 1.165) is 22.5 Å². The van der Waals surface area contributed by atoms with Gasteiger partial charge in [-0.3, -0.25) is 0 Å². The van der Waals surface area contributed by atoms with E-state index in [-0.39, 0.29) is 6.03 Å². The molecule has 4 N–H and O–H groups in total. The van der Waals surface area contributed by atoms with Crippen LogP contribution in [0.1, 0.15) is 16.7 Å². The lowest BCUT2D eigenvalue weighted by Gasteiger charge is -2.11. The van der Waals surface area contributed by atoms with Crippen LogP contribution in [0.15, 0.2) is 42.5 Å². The molecular weight excluding hydrogens is 250 g/mol. The number of aryl methyl sites for hydroxylation is 2. The molecule has 20 heavy (non-hydrogen) atoms. The molecule has 0 atom stereocenters. The number of nitrogens with one attached hydrogen (secondary N) is 2. The summed E-state index contributed by atoms with van der Waals surface area (Å²) < 4.78 is 0. The van der Waals surface area contributed by atoms with E-state index in [1.54, 1.807) is 0 Å². The number of benzene rings is 2. The number of rotatable bonds is 3. The van der Waals surface area contributed by atoms with E-state index in [1.165, 1.54) is 5.56 Å². The average molecular weight is 269 g/mol. The molecule has 0 aliphatic rings. The zero-order valence-corrected chi connectivity index (χ0v) is 11.7. The van der Waals surface area contributed by atoms with E-state index in [4.69, 9.17) is 5.73 Å². The molecular formula is C16H19N3O. The lowest BCUT2D eigenvalue weighted by Crippen LogP contribution is -2.20. The van der Waals surface area contributed by atoms with Crippen LogP contribution < -0.4 is 16.4 Å². The average Bonchev–Trinajstić information content (AvgIpc) is 2.42. The summed E-state index contributed by atoms with van der Waals surface area (Å²) in [5.41, 5.74) is 10.3. The molecule has 0 bridgehead atoms. The minimum absolute atomic E-state index is 0.258. The minimum Gasteiger partial charge on any atom is -0.326 e. The molecule has 0 saturated heterocycles. The number of hydrogen-bond acceptors (Lipinski definition) is 2. The standard InChI is InChI=1S/C16H19N3O/c1-11-6-7-15(12(2)8-11)19-16(20)18-14-5-3-4-13(9-14)10-17/h3-9H,10,17H2,1-2H3,(H2,18,19,20). The molecule has 0 radical (unpaired) electrons. The maximum atomic E-state index is 12.0. The predicted octanol–water partition coefficient (Wildman–Crippen LogP) is 3.41. The molecule has 2 aromatic rings. The maximum absolute atomic E-state index is 12.0. The molecule has 0 aliphatic carbocycles. The third-order valence-electron chi connectivity index (χ3n) is 3.05. The minimum atomic E-state index is -0.258. The van der Waals surface area contributed by atoms with Crippen LogP contribution in [0.4, 0.5) is 16.2 Å². The molecule has 0 saturated carbocycles. The molecule has 0 fully saturated rings. The first-order chi connectivity index (χ1) is 9.58. The van der Waals surface area contributed by atoms with Crippen molar-refractivity contribution in [2.24, 2.45) is 5.73 Å². The lowest BCUT2D eigenvalue weighted by molar-refractivity contribution is 0.262. The zero-order chi connectivity index (χ0) is 14.5. The Hall–Kier alpha value is -2.33. The van der Waals surface area contributed by atoms with Gasteiger partial charge in [0.2, 0.25) is 0 Å². The van der Waals surface area contributed by atoms with Gasteiger partial charge < -0.3 is 16.4 Å². The Morgan fingerprint density at radius 3 is 2.60 bits per heavy atom. The fourth-order valence-corrected chi connectivity index (χ4v) is 2.01. The van der Waals surface area contributed by atoms with E-state index >= 15 is 0 Å². The number of amides is 2. The molecule has 0 spiro atoms. The van der Waals surface area contributed by atoms with Crippen molar-refractivity contribution in [3.63, 3.8) is 0 Å². The number of carbonyl (C=O) groups excluding carboxylic acids is 1. The summed E-state index contributed by atoms with van der Waals surface area (Å²) >= 11 is 0. The molecule has 104 valence electrons. The van der Waals surface area contributed by atoms with Crippen molar-refractivity contribution in [3.05, 3.63) is 59.2 Å². The Balaban J connectivity index is 2.05. The third-order valence-corrected chi connectivity index (χ3v) is 3.05. The molecule has 4 nitrogen and oxygen atoms in total. The number of carbonyl (C=O) groups is 1. The predicted molar refractivity (Wildman–Crippen MR) is 82.9 cm³/mol. The van der Waals surface area contributed by atoms with Crippen molar-refractivity contribution in [3.8, 4) is 0 Å². The molecule has 2 aromatic carbocycles. The smallest absolute Gasteiger partial charge is 0.323 e. The third kappa shape index (κ3) is 3.59. The Bertz CT molecular complexity index is 623. The topological polar surface area (TPSA) is 67.2 Å². The summed E-state index contributed by atoms with van der Waals surface area (Å²) in [6, 6.07) is 13.1. The Labute approximate surface area is 119 Å². The monoisotopic (exact) mass is 269 g/mol. The van der Waals surface area contributed by atoms with Gasteiger partial charge in [-0.05, 0) is 43.2 Å². The Morgan fingerprint density at radius 1 is 1.10 bits per heavy atom. The van der Waals surface area contributed by atoms with Gasteiger partial charge in [-0.25, -0.2) is 4.79 Å². The molecule has 0 heterocycles. The van der Waals surface area contributed by atoms with Gasteiger partial charge in [-0.1, -0.05) is 29.8 Å². The van der Waals surface area contributed by atoms with Crippen LogP contribution in [-0.4, -0.2) is 6.03 Å². The zero-order valence-electron chi connectivity index (χ0n) is 11.7. The summed E-state index contributed by atoms with van der Waals surface area (Å²) in [5.74, 6) is 0. The quantitative estimate of drug-likeness (QED) is 0.799. The van der Waals surface area contributed by atoms with E-state index < -0.39 is 0 Å². The van der Waals surface area contributed by atoms with Crippen LogP contribution in [0, 0.1) is 13.8 Å². The molecule has 2 amide bonds. The summed E-state index contributed by atoms with van der Waals surface area (Å²) in [6.07, 6.45) is 0. The van der Waals surface area contributed by atoms with Crippen molar-refractivity contribution >= 4 is 17.4 Å². The van der Waals surface area contributed by atoms with Gasteiger partial charge in [0, 0.05) is 17.9 Å². The molecule has 4 heteroatoms. The fraction of sp³-hybridized carbons (Fsp3) is 0.188. The number of nitrogens with two attached hydrogens (primary N) is 1. The second kappa shape index (κ2) is 6.21. The Morgan fingerprint density at radius 2 is 1.90 bits per heavy atom. The Kier molecular flexibility index (Phi) is 4.38. The van der Waals surface area contributed by atoms with Gasteiger partial charge in [0.05, 0.1) is 0 Å². The largest absolute Gasteiger partial charge is 0.326 e. The van der Waals surface area contributed by atoms with E-state index in [1.807, 2.05) is 56.3 Å². The summed E-state index contributed by atoms with van der Waals surface area (Å²) in [5, 5.41) is 5.64. The van der Waals surface area contributed by atoms with Crippen molar-refractivity contribution in [1.82, 2.24) is 0 Å². The number of urea groups is 1. The van der Waals surface area contributed by atoms with Gasteiger partial charge in [-0.2, -0.15) is 0 Å². The van der Waals surface area contributed by atoms with Crippen LogP contribution in [0.25, 0.3) is 0 Å². The van der Waals surface area contributed by atoms with Crippen LogP contribution in [0.5, 0.6) is 0 Å². The van der Waals surface area contributed by atoms with Gasteiger partial charge >= 0.3 is 6.03 Å². The van der Waals surface area contributed by atoms with Crippen molar-refractivity contribution in [2.45, 2.75) is 20.4 Å². The molecule has 0 unspecified atom stereocenters. The van der Waals surface area contributed by atoms with E-state index in [9.17, 15) is 4.79 Å². The number of hydrogen-bond donors (Lipinski definition) is 3. The highest BCUT2D eigenvalue weighted by molar-refractivity contribution is 6.00. The second-order valence-corrected chi connectivity index (χ2v) is 4.80. The fourth-order valence-electron chi connectivity index (χ4n) is 2.01. The van der Waals surface area contributed by atoms with Crippen molar-refractivity contribution in [1.29, 1.82) is 0 Å². The van der Waals surface area contributed by atoms with Crippen molar-refractivity contribution < 1.29 is 4.79 Å². The summed E-state index contributed by atoms with van der Waals surface area (Å²) in [4.78, 5) is 12.0. The van der Waals surface area contributed by atoms with Crippen LogP contribution in [-0.2, 0) is 6.54 Å². The van der Waals surface area contributed by atoms with Gasteiger partial charge in [0.25, 0.3) is 0 Å². The first-order valence-corrected chi connectivity index (χ1v) is 6.53. The van der Waals surface area contributed by atoms with Crippen LogP contribution in [0.2, 0.25) is 0 Å². The SMILES string of the molecule is Cc1ccc(NC(=O)Nc2cccc(CN)c2)c(C)c1. The summed E-state index contributed by atoms with van der Waals surface area (Å²) in [6.45, 7) is 4.45. The molecule has 0 aliphatic heterocycles. The van der Waals surface area contributed by atoms with Gasteiger partial charge in [-0.15, -0.1) is 0 Å². The normalized spacial score (nSPS) is 10.2. The highest BCUT2D eigenvalue weighted by atomic mass is 16.2. The highest BCUT2D eigenvalue weighted by Gasteiger charge is 2.05. The van der Waals surface area contributed by atoms with Gasteiger partial charge in [0.1, 0.15) is 0 Å². The van der Waals surface area contributed by atoms with E-state index in [2.05, 4.69) is 10.6 Å². The lowest BCUT2D eigenvalue weighted by atomic mass is 10.1. The molecule has 0 aromatic heterocycles. The van der Waals surface area contributed by atoms with Gasteiger partial charge in [0.15, 0.2) is 0 Å². The first kappa shape index (κ1) is 14.1. The highest BCUT2D eigenvalue weighted by Crippen LogP contribution is 2.17.